The van der Waals surface area contributed by atoms with E-state index < -0.39 is 64.7 Å². The third-order valence-electron chi connectivity index (χ3n) is 7.34. The number of hydrogen-bond donors (Lipinski definition) is 1. The SMILES string of the molecule is CCC(COC(=O)c1c(C)ccc(C)c1C)(COC(=O)c1c(C)ccc(C)c1C)C(=O)OC(CS(=O)(=O)O)C(F)(F)F. The van der Waals surface area contributed by atoms with Gasteiger partial charge in [0.2, 0.25) is 6.10 Å². The van der Waals surface area contributed by atoms with Crippen LogP contribution in [0, 0.1) is 47.0 Å². The summed E-state index contributed by atoms with van der Waals surface area (Å²) >= 11 is 0. The average molecular weight is 617 g/mol. The molecule has 2 aromatic rings. The monoisotopic (exact) mass is 616 g/mol. The Morgan fingerprint density at radius 2 is 1.17 bits per heavy atom. The maximum absolute atomic E-state index is 13.6. The van der Waals surface area contributed by atoms with Crippen LogP contribution in [0.15, 0.2) is 24.3 Å². The number of ether oxygens (including phenoxy) is 3. The predicted octanol–water partition coefficient (Wildman–Crippen LogP) is 5.31. The van der Waals surface area contributed by atoms with Gasteiger partial charge in [0, 0.05) is 0 Å². The van der Waals surface area contributed by atoms with Crippen LogP contribution in [0.25, 0.3) is 0 Å². The van der Waals surface area contributed by atoms with Crippen LogP contribution in [0.4, 0.5) is 13.2 Å². The van der Waals surface area contributed by atoms with Crippen molar-refractivity contribution in [2.45, 2.75) is 67.2 Å². The minimum Gasteiger partial charge on any atom is -0.461 e. The first kappa shape index (κ1) is 34.7. The number of halogens is 3. The topological polar surface area (TPSA) is 133 Å². The van der Waals surface area contributed by atoms with E-state index in [-0.39, 0.29) is 17.5 Å². The molecule has 0 aliphatic carbocycles. The number of rotatable bonds is 11. The van der Waals surface area contributed by atoms with Gasteiger partial charge >= 0.3 is 24.1 Å². The fourth-order valence-corrected chi connectivity index (χ4v) is 4.87. The maximum Gasteiger partial charge on any atom is 0.426 e. The lowest BCUT2D eigenvalue weighted by Gasteiger charge is -2.32. The molecule has 0 fully saturated rings. The molecule has 1 atom stereocenters. The van der Waals surface area contributed by atoms with E-state index in [1.54, 1.807) is 65.8 Å². The number of benzene rings is 2. The summed E-state index contributed by atoms with van der Waals surface area (Å²) < 4.78 is 87.7. The minimum absolute atomic E-state index is 0.191. The molecule has 0 spiro atoms. The molecule has 0 radical (unpaired) electrons. The number of carbonyl (C=O) groups is 3. The first-order chi connectivity index (χ1) is 19.2. The van der Waals surface area contributed by atoms with Gasteiger partial charge < -0.3 is 14.2 Å². The molecule has 1 unspecified atom stereocenters. The summed E-state index contributed by atoms with van der Waals surface area (Å²) in [7, 11) is -5.22. The molecule has 9 nitrogen and oxygen atoms in total. The molecule has 0 amide bonds. The van der Waals surface area contributed by atoms with Crippen molar-refractivity contribution < 1.29 is 54.7 Å². The standard InChI is InChI=1S/C29H35F3O9S/c1-8-28(27(35)41-22(29(30,31)32)13-42(36,37)38,14-39-25(33)23-18(4)11-9-16(2)20(23)6)15-40-26(34)24-19(5)12-10-17(3)21(24)7/h9-12,22H,8,13-15H2,1-7H3,(H,36,37,38). The summed E-state index contributed by atoms with van der Waals surface area (Å²) in [6.07, 6.45) is -8.94. The predicted molar refractivity (Wildman–Crippen MR) is 147 cm³/mol. The molecule has 232 valence electrons. The van der Waals surface area contributed by atoms with Crippen molar-refractivity contribution >= 4 is 28.0 Å². The van der Waals surface area contributed by atoms with Gasteiger partial charge in [-0.05, 0) is 81.3 Å². The highest BCUT2D eigenvalue weighted by Crippen LogP contribution is 2.32. The summed E-state index contributed by atoms with van der Waals surface area (Å²) in [6.45, 7) is 9.86. The fraction of sp³-hybridized carbons (Fsp3) is 0.483. The van der Waals surface area contributed by atoms with Crippen LogP contribution in [0.5, 0.6) is 0 Å². The quantitative estimate of drug-likeness (QED) is 0.203. The van der Waals surface area contributed by atoms with Gasteiger partial charge in [-0.1, -0.05) is 31.2 Å². The van der Waals surface area contributed by atoms with Crippen molar-refractivity contribution in [1.29, 1.82) is 0 Å². The van der Waals surface area contributed by atoms with Gasteiger partial charge in [0.1, 0.15) is 24.4 Å². The molecule has 0 aromatic heterocycles. The molecule has 2 aromatic carbocycles. The Hall–Kier alpha value is -3.45. The van der Waals surface area contributed by atoms with E-state index in [0.717, 1.165) is 11.1 Å². The summed E-state index contributed by atoms with van der Waals surface area (Å²) in [5.41, 5.74) is 2.04. The van der Waals surface area contributed by atoms with Gasteiger partial charge in [-0.2, -0.15) is 21.6 Å². The summed E-state index contributed by atoms with van der Waals surface area (Å²) in [4.78, 5) is 39.5. The zero-order chi connectivity index (χ0) is 32.2. The number of hydrogen-bond acceptors (Lipinski definition) is 8. The molecular formula is C29H35F3O9S. The lowest BCUT2D eigenvalue weighted by atomic mass is 9.86. The van der Waals surface area contributed by atoms with Crippen LogP contribution >= 0.6 is 0 Å². The molecule has 0 aliphatic rings. The maximum atomic E-state index is 13.6. The molecule has 0 bridgehead atoms. The molecule has 0 saturated carbocycles. The average Bonchev–Trinajstić information content (AvgIpc) is 2.87. The number of aryl methyl sites for hydroxylation is 4. The number of carbonyl (C=O) groups excluding carboxylic acids is 3. The van der Waals surface area contributed by atoms with E-state index in [4.69, 9.17) is 14.0 Å². The molecule has 0 aliphatic heterocycles. The van der Waals surface area contributed by atoms with Crippen molar-refractivity contribution in [3.63, 3.8) is 0 Å². The molecule has 13 heteroatoms. The van der Waals surface area contributed by atoms with Gasteiger partial charge in [0.25, 0.3) is 10.1 Å². The Morgan fingerprint density at radius 1 is 0.786 bits per heavy atom. The zero-order valence-electron chi connectivity index (χ0n) is 24.5. The largest absolute Gasteiger partial charge is 0.461 e. The van der Waals surface area contributed by atoms with Crippen molar-refractivity contribution in [1.82, 2.24) is 0 Å². The second kappa shape index (κ2) is 13.2. The highest BCUT2D eigenvalue weighted by Gasteiger charge is 2.50. The second-order valence-corrected chi connectivity index (χ2v) is 11.9. The summed E-state index contributed by atoms with van der Waals surface area (Å²) in [5.74, 6) is -5.33. The zero-order valence-corrected chi connectivity index (χ0v) is 25.3. The van der Waals surface area contributed by atoms with Crippen molar-refractivity contribution in [3.8, 4) is 0 Å². The first-order valence-corrected chi connectivity index (χ1v) is 14.6. The fourth-order valence-electron chi connectivity index (χ4n) is 4.23. The van der Waals surface area contributed by atoms with Crippen molar-refractivity contribution in [2.75, 3.05) is 19.0 Å². The van der Waals surface area contributed by atoms with Gasteiger partial charge in [-0.15, -0.1) is 0 Å². The summed E-state index contributed by atoms with van der Waals surface area (Å²) in [5, 5.41) is 0. The van der Waals surface area contributed by atoms with Gasteiger partial charge in [0.05, 0.1) is 11.1 Å². The smallest absolute Gasteiger partial charge is 0.426 e. The molecule has 0 heterocycles. The Kier molecular flexibility index (Phi) is 11.0. The third-order valence-corrected chi connectivity index (χ3v) is 8.07. The lowest BCUT2D eigenvalue weighted by molar-refractivity contribution is -0.223. The highest BCUT2D eigenvalue weighted by atomic mass is 32.2. The van der Waals surface area contributed by atoms with Crippen LogP contribution in [0.1, 0.15) is 67.4 Å². The molecular weight excluding hydrogens is 581 g/mol. The van der Waals surface area contributed by atoms with E-state index in [0.29, 0.717) is 22.3 Å². The normalized spacial score (nSPS) is 12.9. The number of esters is 3. The van der Waals surface area contributed by atoms with Crippen LogP contribution in [-0.2, 0) is 29.1 Å². The minimum atomic E-state index is -5.37. The van der Waals surface area contributed by atoms with Crippen LogP contribution in [-0.4, -0.2) is 62.1 Å². The van der Waals surface area contributed by atoms with E-state index >= 15 is 0 Å². The van der Waals surface area contributed by atoms with Gasteiger partial charge in [-0.25, -0.2) is 9.59 Å². The Morgan fingerprint density at radius 3 is 1.50 bits per heavy atom. The third kappa shape index (κ3) is 8.31. The molecule has 42 heavy (non-hydrogen) atoms. The molecule has 1 N–H and O–H groups in total. The molecule has 2 rings (SSSR count). The second-order valence-electron chi connectivity index (χ2n) is 10.4. The van der Waals surface area contributed by atoms with Crippen LogP contribution in [0.2, 0.25) is 0 Å². The van der Waals surface area contributed by atoms with Gasteiger partial charge in [0.15, 0.2) is 0 Å². The van der Waals surface area contributed by atoms with E-state index in [2.05, 4.69) is 4.74 Å². The Bertz CT molecular complexity index is 1390. The number of alkyl halides is 3. The lowest BCUT2D eigenvalue weighted by Crippen LogP contribution is -2.48. The Labute approximate surface area is 243 Å². The van der Waals surface area contributed by atoms with E-state index in [1.165, 1.54) is 6.92 Å². The summed E-state index contributed by atoms with van der Waals surface area (Å²) in [6, 6.07) is 6.93. The Balaban J connectivity index is 2.49. The van der Waals surface area contributed by atoms with Crippen molar-refractivity contribution in [3.05, 3.63) is 68.8 Å². The van der Waals surface area contributed by atoms with Crippen LogP contribution in [0.3, 0.4) is 0 Å². The van der Waals surface area contributed by atoms with Crippen LogP contribution < -0.4 is 0 Å². The van der Waals surface area contributed by atoms with E-state index in [9.17, 15) is 36.0 Å². The van der Waals surface area contributed by atoms with Gasteiger partial charge in [-0.3, -0.25) is 9.35 Å². The first-order valence-electron chi connectivity index (χ1n) is 12.9. The van der Waals surface area contributed by atoms with Crippen molar-refractivity contribution in [2.24, 2.45) is 5.41 Å². The van der Waals surface area contributed by atoms with E-state index in [1.807, 2.05) is 0 Å². The highest BCUT2D eigenvalue weighted by molar-refractivity contribution is 7.85. The molecule has 0 saturated heterocycles.